The van der Waals surface area contributed by atoms with Crippen LogP contribution in [0.5, 0.6) is 5.75 Å². The first-order valence-corrected chi connectivity index (χ1v) is 10.4. The van der Waals surface area contributed by atoms with Crippen molar-refractivity contribution in [3.05, 3.63) is 47.4 Å². The number of piperidine rings is 1. The first-order valence-electron chi connectivity index (χ1n) is 10.4. The summed E-state index contributed by atoms with van der Waals surface area (Å²) in [6.07, 6.45) is 2.39. The standard InChI is InChI=1S/C22H27F2N5O3/c1-14(30)28(3)12-16-11-20(25-2)27-22(26-16)18-6-4-5-9-29(18)21(31)13-32-19-8-7-15(23)10-17(19)24/h7-8,10-11,18H,4-6,9,12-13H2,1-3H3,(H,25,26,27). The number of anilines is 1. The Morgan fingerprint density at radius 2 is 2.03 bits per heavy atom. The fourth-order valence-electron chi connectivity index (χ4n) is 3.54. The van der Waals surface area contributed by atoms with Gasteiger partial charge >= 0.3 is 0 Å². The summed E-state index contributed by atoms with van der Waals surface area (Å²) in [7, 11) is 3.42. The Labute approximate surface area is 185 Å². The van der Waals surface area contributed by atoms with E-state index in [9.17, 15) is 18.4 Å². The van der Waals surface area contributed by atoms with Crippen LogP contribution in [0.4, 0.5) is 14.6 Å². The average molecular weight is 447 g/mol. The van der Waals surface area contributed by atoms with Crippen LogP contribution in [0.2, 0.25) is 0 Å². The van der Waals surface area contributed by atoms with Gasteiger partial charge in [-0.05, 0) is 31.4 Å². The molecule has 1 aliphatic rings. The maximum atomic E-state index is 13.8. The fraction of sp³-hybridized carbons (Fsp3) is 0.455. The monoisotopic (exact) mass is 447 g/mol. The predicted molar refractivity (Wildman–Crippen MR) is 114 cm³/mol. The van der Waals surface area contributed by atoms with E-state index in [1.54, 1.807) is 30.0 Å². The van der Waals surface area contributed by atoms with Crippen molar-refractivity contribution in [1.29, 1.82) is 0 Å². The molecule has 3 rings (SSSR count). The predicted octanol–water partition coefficient (Wildman–Crippen LogP) is 2.91. The summed E-state index contributed by atoms with van der Waals surface area (Å²) in [6, 6.07) is 4.33. The third-order valence-corrected chi connectivity index (χ3v) is 5.36. The van der Waals surface area contributed by atoms with E-state index in [4.69, 9.17) is 4.74 Å². The van der Waals surface area contributed by atoms with Crippen LogP contribution < -0.4 is 10.1 Å². The maximum Gasteiger partial charge on any atom is 0.261 e. The molecule has 2 heterocycles. The summed E-state index contributed by atoms with van der Waals surface area (Å²) in [4.78, 5) is 36.9. The summed E-state index contributed by atoms with van der Waals surface area (Å²) >= 11 is 0. The van der Waals surface area contributed by atoms with Crippen molar-refractivity contribution < 1.29 is 23.1 Å². The molecule has 0 saturated carbocycles. The summed E-state index contributed by atoms with van der Waals surface area (Å²) in [5, 5.41) is 3.00. The molecule has 1 aromatic heterocycles. The molecule has 0 radical (unpaired) electrons. The smallest absolute Gasteiger partial charge is 0.261 e. The number of carbonyl (C=O) groups is 2. The van der Waals surface area contributed by atoms with Gasteiger partial charge in [0, 0.05) is 39.7 Å². The number of halogens is 2. The number of benzene rings is 1. The first-order chi connectivity index (χ1) is 15.3. The van der Waals surface area contributed by atoms with Gasteiger partial charge < -0.3 is 19.9 Å². The van der Waals surface area contributed by atoms with Crippen LogP contribution >= 0.6 is 0 Å². The zero-order valence-corrected chi connectivity index (χ0v) is 18.4. The van der Waals surface area contributed by atoms with Gasteiger partial charge in [-0.2, -0.15) is 0 Å². The molecule has 1 aliphatic heterocycles. The van der Waals surface area contributed by atoms with E-state index in [0.29, 0.717) is 42.9 Å². The number of aromatic nitrogens is 2. The molecule has 0 spiro atoms. The van der Waals surface area contributed by atoms with Gasteiger partial charge in [0.15, 0.2) is 24.0 Å². The molecule has 1 fully saturated rings. The Morgan fingerprint density at radius 3 is 2.72 bits per heavy atom. The highest BCUT2D eigenvalue weighted by Gasteiger charge is 2.31. The van der Waals surface area contributed by atoms with Crippen LogP contribution in [-0.4, -0.2) is 58.8 Å². The van der Waals surface area contributed by atoms with Gasteiger partial charge in [0.05, 0.1) is 18.3 Å². The van der Waals surface area contributed by atoms with Gasteiger partial charge in [0.2, 0.25) is 5.91 Å². The summed E-state index contributed by atoms with van der Waals surface area (Å²) < 4.78 is 32.2. The minimum atomic E-state index is -0.864. The number of likely N-dealkylation sites (tertiary alicyclic amines) is 1. The number of carbonyl (C=O) groups excluding carboxylic acids is 2. The van der Waals surface area contributed by atoms with Crippen molar-refractivity contribution in [2.24, 2.45) is 0 Å². The van der Waals surface area contributed by atoms with Crippen LogP contribution in [0.3, 0.4) is 0 Å². The molecule has 172 valence electrons. The number of nitrogens with one attached hydrogen (secondary N) is 1. The Balaban J connectivity index is 1.79. The molecule has 1 aromatic carbocycles. The highest BCUT2D eigenvalue weighted by Crippen LogP contribution is 2.30. The largest absolute Gasteiger partial charge is 0.481 e. The van der Waals surface area contributed by atoms with E-state index < -0.39 is 11.6 Å². The molecule has 1 unspecified atom stereocenters. The number of rotatable bonds is 7. The first kappa shape index (κ1) is 23.4. The van der Waals surface area contributed by atoms with Crippen molar-refractivity contribution >= 4 is 17.6 Å². The normalized spacial score (nSPS) is 15.9. The number of ether oxygens (including phenoxy) is 1. The van der Waals surface area contributed by atoms with Crippen LogP contribution in [0.1, 0.15) is 43.7 Å². The van der Waals surface area contributed by atoms with Gasteiger partial charge in [-0.25, -0.2) is 18.7 Å². The van der Waals surface area contributed by atoms with Crippen molar-refractivity contribution in [3.63, 3.8) is 0 Å². The van der Waals surface area contributed by atoms with E-state index in [-0.39, 0.29) is 30.2 Å². The summed E-state index contributed by atoms with van der Waals surface area (Å²) in [6.45, 7) is 1.90. The molecule has 10 heteroatoms. The molecule has 0 aliphatic carbocycles. The highest BCUT2D eigenvalue weighted by atomic mass is 19.1. The molecule has 8 nitrogen and oxygen atoms in total. The van der Waals surface area contributed by atoms with Crippen molar-refractivity contribution in [2.75, 3.05) is 32.6 Å². The van der Waals surface area contributed by atoms with Gasteiger partial charge in [0.1, 0.15) is 11.6 Å². The Morgan fingerprint density at radius 1 is 1.25 bits per heavy atom. The van der Waals surface area contributed by atoms with E-state index in [0.717, 1.165) is 25.0 Å². The zero-order valence-electron chi connectivity index (χ0n) is 18.4. The second-order valence-electron chi connectivity index (χ2n) is 7.69. The van der Waals surface area contributed by atoms with E-state index in [1.807, 2.05) is 0 Å². The average Bonchev–Trinajstić information content (AvgIpc) is 2.78. The van der Waals surface area contributed by atoms with Crippen LogP contribution in [-0.2, 0) is 16.1 Å². The number of hydrogen-bond donors (Lipinski definition) is 1. The molecule has 1 N–H and O–H groups in total. The Bertz CT molecular complexity index is 988. The second-order valence-corrected chi connectivity index (χ2v) is 7.69. The number of hydrogen-bond acceptors (Lipinski definition) is 6. The van der Waals surface area contributed by atoms with E-state index >= 15 is 0 Å². The molecule has 32 heavy (non-hydrogen) atoms. The lowest BCUT2D eigenvalue weighted by molar-refractivity contribution is -0.137. The lowest BCUT2D eigenvalue weighted by Gasteiger charge is -2.35. The molecule has 1 saturated heterocycles. The SMILES string of the molecule is CNc1cc(CN(C)C(C)=O)nc(C2CCCCN2C(=O)COc2ccc(F)cc2F)n1. The number of amides is 2. The lowest BCUT2D eigenvalue weighted by atomic mass is 10.0. The van der Waals surface area contributed by atoms with Crippen LogP contribution in [0, 0.1) is 11.6 Å². The van der Waals surface area contributed by atoms with Crippen LogP contribution in [0.25, 0.3) is 0 Å². The second kappa shape index (κ2) is 10.3. The third-order valence-electron chi connectivity index (χ3n) is 5.36. The maximum absolute atomic E-state index is 13.8. The van der Waals surface area contributed by atoms with Gasteiger partial charge in [-0.15, -0.1) is 0 Å². The van der Waals surface area contributed by atoms with Gasteiger partial charge in [-0.1, -0.05) is 0 Å². The summed E-state index contributed by atoms with van der Waals surface area (Å²) in [5.41, 5.74) is 0.652. The lowest BCUT2D eigenvalue weighted by Crippen LogP contribution is -2.42. The zero-order chi connectivity index (χ0) is 23.3. The Hall–Kier alpha value is -3.30. The summed E-state index contributed by atoms with van der Waals surface area (Å²) in [5.74, 6) is -1.12. The quantitative estimate of drug-likeness (QED) is 0.702. The third kappa shape index (κ3) is 5.68. The Kier molecular flexibility index (Phi) is 7.55. The molecular formula is C22H27F2N5O3. The number of nitrogens with zero attached hydrogens (tertiary/aromatic N) is 4. The minimum Gasteiger partial charge on any atom is -0.481 e. The van der Waals surface area contributed by atoms with Gasteiger partial charge in [0.25, 0.3) is 5.91 Å². The molecule has 0 bridgehead atoms. The fourth-order valence-corrected chi connectivity index (χ4v) is 3.54. The van der Waals surface area contributed by atoms with E-state index in [1.165, 1.54) is 6.92 Å². The molecule has 2 aromatic rings. The molecule has 1 atom stereocenters. The van der Waals surface area contributed by atoms with Crippen LogP contribution in [0.15, 0.2) is 24.3 Å². The van der Waals surface area contributed by atoms with Gasteiger partial charge in [-0.3, -0.25) is 9.59 Å². The highest BCUT2D eigenvalue weighted by molar-refractivity contribution is 5.78. The topological polar surface area (TPSA) is 87.7 Å². The van der Waals surface area contributed by atoms with Crippen molar-refractivity contribution in [2.45, 2.75) is 38.8 Å². The molecule has 2 amide bonds. The van der Waals surface area contributed by atoms with E-state index in [2.05, 4.69) is 15.3 Å². The molecular weight excluding hydrogens is 420 g/mol. The van der Waals surface area contributed by atoms with Crippen molar-refractivity contribution in [1.82, 2.24) is 19.8 Å². The van der Waals surface area contributed by atoms with Crippen molar-refractivity contribution in [3.8, 4) is 5.75 Å². The minimum absolute atomic E-state index is 0.0872.